The number of pyridine rings is 1. The molecule has 2 fully saturated rings. The second-order valence-corrected chi connectivity index (χ2v) is 6.47. The molecule has 1 saturated carbocycles. The number of nitrogens with zero attached hydrogens (tertiary/aromatic N) is 3. The van der Waals surface area contributed by atoms with Gasteiger partial charge in [-0.05, 0) is 38.7 Å². The van der Waals surface area contributed by atoms with Crippen molar-refractivity contribution in [1.29, 1.82) is 5.26 Å². The number of anilines is 1. The highest BCUT2D eigenvalue weighted by atomic mass is 16.5. The van der Waals surface area contributed by atoms with Gasteiger partial charge in [-0.15, -0.1) is 0 Å². The Kier molecular flexibility index (Phi) is 3.56. The predicted molar refractivity (Wildman–Crippen MR) is 82.4 cm³/mol. The maximum absolute atomic E-state index is 12.4. The molecule has 0 amide bonds. The Labute approximate surface area is 130 Å². The lowest BCUT2D eigenvalue weighted by atomic mass is 9.81. The fourth-order valence-corrected chi connectivity index (χ4v) is 4.21. The third-order valence-electron chi connectivity index (χ3n) is 5.22. The normalized spacial score (nSPS) is 26.6. The largest absolute Gasteiger partial charge is 0.469 e. The van der Waals surface area contributed by atoms with Crippen molar-refractivity contribution in [3.8, 4) is 6.07 Å². The third kappa shape index (κ3) is 2.06. The molecule has 1 saturated heterocycles. The van der Waals surface area contributed by atoms with Gasteiger partial charge in [-0.2, -0.15) is 5.26 Å². The first kappa shape index (κ1) is 14.8. The summed E-state index contributed by atoms with van der Waals surface area (Å²) in [6.07, 6.45) is 3.01. The Morgan fingerprint density at radius 2 is 2.32 bits per heavy atom. The van der Waals surface area contributed by atoms with E-state index in [1.807, 2.05) is 19.9 Å². The molecule has 116 valence electrons. The molecule has 2 aliphatic rings. The van der Waals surface area contributed by atoms with Crippen LogP contribution >= 0.6 is 0 Å². The first-order valence-electron chi connectivity index (χ1n) is 7.73. The van der Waals surface area contributed by atoms with Gasteiger partial charge in [-0.1, -0.05) is 6.42 Å². The van der Waals surface area contributed by atoms with Crippen LogP contribution < -0.4 is 4.90 Å². The van der Waals surface area contributed by atoms with Gasteiger partial charge in [0.05, 0.1) is 29.5 Å². The monoisotopic (exact) mass is 299 g/mol. The van der Waals surface area contributed by atoms with E-state index in [4.69, 9.17) is 4.74 Å². The number of nitriles is 1. The summed E-state index contributed by atoms with van der Waals surface area (Å²) in [5.41, 5.74) is 2.78. The molecule has 3 rings (SSSR count). The summed E-state index contributed by atoms with van der Waals surface area (Å²) in [5.74, 6) is 0.221. The summed E-state index contributed by atoms with van der Waals surface area (Å²) < 4.78 is 5.08. The van der Waals surface area contributed by atoms with Crippen LogP contribution in [-0.4, -0.2) is 31.2 Å². The van der Waals surface area contributed by atoms with Gasteiger partial charge in [-0.3, -0.25) is 9.78 Å². The summed E-state index contributed by atoms with van der Waals surface area (Å²) in [7, 11) is 1.47. The van der Waals surface area contributed by atoms with Crippen LogP contribution in [0.2, 0.25) is 0 Å². The lowest BCUT2D eigenvalue weighted by Gasteiger charge is -2.26. The van der Waals surface area contributed by atoms with Gasteiger partial charge < -0.3 is 9.64 Å². The maximum atomic E-state index is 12.4. The number of methoxy groups -OCH3 is 1. The number of aryl methyl sites for hydroxylation is 2. The van der Waals surface area contributed by atoms with Gasteiger partial charge in [0.25, 0.3) is 0 Å². The summed E-state index contributed by atoms with van der Waals surface area (Å²) in [6, 6.07) is 4.22. The Morgan fingerprint density at radius 3 is 3.00 bits per heavy atom. The van der Waals surface area contributed by atoms with Crippen LogP contribution in [-0.2, 0) is 9.53 Å². The molecule has 2 heterocycles. The Balaban J connectivity index is 2.00. The molecule has 22 heavy (non-hydrogen) atoms. The summed E-state index contributed by atoms with van der Waals surface area (Å²) in [6.45, 7) is 5.25. The van der Waals surface area contributed by atoms with Crippen LogP contribution in [0.1, 0.15) is 36.2 Å². The van der Waals surface area contributed by atoms with Crippen LogP contribution in [0.5, 0.6) is 0 Å². The van der Waals surface area contributed by atoms with Crippen molar-refractivity contribution in [3.63, 3.8) is 0 Å². The summed E-state index contributed by atoms with van der Waals surface area (Å²) >= 11 is 0. The topological polar surface area (TPSA) is 66.2 Å². The SMILES string of the molecule is COC(=O)C12CCCC1CN(c1cc(C)nc(C)c1C#N)C2. The van der Waals surface area contributed by atoms with Gasteiger partial charge >= 0.3 is 5.97 Å². The van der Waals surface area contributed by atoms with Crippen molar-refractivity contribution in [2.24, 2.45) is 11.3 Å². The average molecular weight is 299 g/mol. The molecule has 1 aliphatic heterocycles. The predicted octanol–water partition coefficient (Wildman–Crippen LogP) is 2.35. The van der Waals surface area contributed by atoms with Gasteiger partial charge in [0, 0.05) is 18.8 Å². The van der Waals surface area contributed by atoms with Crippen molar-refractivity contribution >= 4 is 11.7 Å². The fourth-order valence-electron chi connectivity index (χ4n) is 4.21. The summed E-state index contributed by atoms with van der Waals surface area (Å²) in [4.78, 5) is 18.9. The minimum atomic E-state index is -0.396. The number of ether oxygens (including phenoxy) is 1. The highest BCUT2D eigenvalue weighted by molar-refractivity contribution is 5.80. The highest BCUT2D eigenvalue weighted by Gasteiger charge is 2.55. The molecule has 5 nitrogen and oxygen atoms in total. The lowest BCUT2D eigenvalue weighted by Crippen LogP contribution is -2.37. The Hall–Kier alpha value is -2.09. The molecular weight excluding hydrogens is 278 g/mol. The second kappa shape index (κ2) is 5.28. The molecule has 5 heteroatoms. The molecule has 1 aliphatic carbocycles. The smallest absolute Gasteiger partial charge is 0.313 e. The number of aromatic nitrogens is 1. The number of rotatable bonds is 2. The Bertz CT molecular complexity index is 665. The molecule has 0 bridgehead atoms. The number of hydrogen-bond donors (Lipinski definition) is 0. The van der Waals surface area contributed by atoms with Crippen molar-refractivity contribution in [1.82, 2.24) is 4.98 Å². The number of esters is 1. The molecule has 0 spiro atoms. The number of hydrogen-bond acceptors (Lipinski definition) is 5. The van der Waals surface area contributed by atoms with Crippen LogP contribution in [0.3, 0.4) is 0 Å². The molecule has 1 aromatic heterocycles. The number of carbonyl (C=O) groups is 1. The first-order valence-corrected chi connectivity index (χ1v) is 7.73. The first-order chi connectivity index (χ1) is 10.5. The van der Waals surface area contributed by atoms with Gasteiger partial charge in [0.2, 0.25) is 0 Å². The zero-order chi connectivity index (χ0) is 15.9. The zero-order valence-electron chi connectivity index (χ0n) is 13.3. The third-order valence-corrected chi connectivity index (χ3v) is 5.22. The van der Waals surface area contributed by atoms with E-state index in [2.05, 4.69) is 16.0 Å². The van der Waals surface area contributed by atoms with E-state index in [1.54, 1.807) is 0 Å². The molecular formula is C17H21N3O2. The van der Waals surface area contributed by atoms with E-state index >= 15 is 0 Å². The van der Waals surface area contributed by atoms with Crippen LogP contribution in [0.15, 0.2) is 6.07 Å². The molecule has 0 radical (unpaired) electrons. The van der Waals surface area contributed by atoms with Gasteiger partial charge in [0.15, 0.2) is 0 Å². The fraction of sp³-hybridized carbons (Fsp3) is 0.588. The van der Waals surface area contributed by atoms with E-state index in [9.17, 15) is 10.1 Å². The van der Waals surface area contributed by atoms with Gasteiger partial charge in [0.1, 0.15) is 6.07 Å². The van der Waals surface area contributed by atoms with E-state index in [1.165, 1.54) is 7.11 Å². The summed E-state index contributed by atoms with van der Waals surface area (Å²) in [5, 5.41) is 9.46. The van der Waals surface area contributed by atoms with E-state index in [0.717, 1.165) is 42.9 Å². The minimum Gasteiger partial charge on any atom is -0.469 e. The molecule has 0 N–H and O–H groups in total. The average Bonchev–Trinajstić information content (AvgIpc) is 3.03. The quantitative estimate of drug-likeness (QED) is 0.784. The number of fused-ring (bicyclic) bond motifs is 1. The zero-order valence-corrected chi connectivity index (χ0v) is 13.3. The van der Waals surface area contributed by atoms with Crippen molar-refractivity contribution < 1.29 is 9.53 Å². The van der Waals surface area contributed by atoms with Crippen molar-refractivity contribution in [2.45, 2.75) is 33.1 Å². The van der Waals surface area contributed by atoms with E-state index in [0.29, 0.717) is 18.0 Å². The van der Waals surface area contributed by atoms with Crippen LogP contribution in [0.4, 0.5) is 5.69 Å². The minimum absolute atomic E-state index is 0.0986. The van der Waals surface area contributed by atoms with E-state index < -0.39 is 5.41 Å². The van der Waals surface area contributed by atoms with Crippen LogP contribution in [0, 0.1) is 36.5 Å². The highest BCUT2D eigenvalue weighted by Crippen LogP contribution is 2.50. The standard InChI is InChI=1S/C17H21N3O2/c1-11-7-15(14(8-18)12(2)19-11)20-9-13-5-4-6-17(13,10-20)16(21)22-3/h7,13H,4-6,9-10H2,1-3H3. The molecule has 0 aromatic carbocycles. The van der Waals surface area contributed by atoms with Crippen molar-refractivity contribution in [3.05, 3.63) is 23.0 Å². The maximum Gasteiger partial charge on any atom is 0.313 e. The molecule has 2 atom stereocenters. The van der Waals surface area contributed by atoms with Crippen LogP contribution in [0.25, 0.3) is 0 Å². The van der Waals surface area contributed by atoms with Gasteiger partial charge in [-0.25, -0.2) is 0 Å². The number of carbonyl (C=O) groups excluding carboxylic acids is 1. The Morgan fingerprint density at radius 1 is 1.55 bits per heavy atom. The second-order valence-electron chi connectivity index (χ2n) is 6.47. The molecule has 1 aromatic rings. The van der Waals surface area contributed by atoms with E-state index in [-0.39, 0.29) is 5.97 Å². The molecule has 2 unspecified atom stereocenters. The van der Waals surface area contributed by atoms with Crippen molar-refractivity contribution in [2.75, 3.05) is 25.1 Å². The lowest BCUT2D eigenvalue weighted by molar-refractivity contribution is -0.152.